The lowest BCUT2D eigenvalue weighted by Crippen LogP contribution is -2.30. The summed E-state index contributed by atoms with van der Waals surface area (Å²) in [6.07, 6.45) is 0. The fraction of sp³-hybridized carbons (Fsp3) is 0.600. The Morgan fingerprint density at radius 1 is 1.56 bits per heavy atom. The number of amides is 1. The molecule has 1 N–H and O–H groups in total. The maximum atomic E-state index is 11.3. The zero-order chi connectivity index (χ0) is 12.1. The van der Waals surface area contributed by atoms with Crippen LogP contribution in [0.15, 0.2) is 5.38 Å². The maximum absolute atomic E-state index is 11.3. The molecule has 0 aliphatic heterocycles. The first-order valence-corrected chi connectivity index (χ1v) is 6.06. The van der Waals surface area contributed by atoms with Gasteiger partial charge < -0.3 is 0 Å². The molecule has 0 saturated heterocycles. The molecule has 1 aromatic heterocycles. The van der Waals surface area contributed by atoms with Gasteiger partial charge in [-0.05, 0) is 6.92 Å². The SMILES string of the molecule is CCN(C(C)=O)c1nc(CNN(C)C)cs1. The van der Waals surface area contributed by atoms with Crippen molar-refractivity contribution in [1.82, 2.24) is 15.4 Å². The van der Waals surface area contributed by atoms with E-state index in [-0.39, 0.29) is 5.91 Å². The lowest BCUT2D eigenvalue weighted by molar-refractivity contribution is -0.116. The average Bonchev–Trinajstić information content (AvgIpc) is 2.64. The molecule has 0 fully saturated rings. The fourth-order valence-corrected chi connectivity index (χ4v) is 2.17. The zero-order valence-corrected chi connectivity index (χ0v) is 11.0. The molecule has 0 saturated carbocycles. The molecule has 0 bridgehead atoms. The lowest BCUT2D eigenvalue weighted by atomic mass is 10.5. The fourth-order valence-electron chi connectivity index (χ4n) is 1.23. The Labute approximate surface area is 100 Å². The van der Waals surface area contributed by atoms with Crippen molar-refractivity contribution in [1.29, 1.82) is 0 Å². The standard InChI is InChI=1S/C10H18N4OS/c1-5-14(8(2)15)10-12-9(7-16-10)6-11-13(3)4/h7,11H,5-6H2,1-4H3. The van der Waals surface area contributed by atoms with Crippen LogP contribution in [0.2, 0.25) is 0 Å². The van der Waals surface area contributed by atoms with E-state index in [1.165, 1.54) is 11.3 Å². The van der Waals surface area contributed by atoms with Crippen molar-refractivity contribution >= 4 is 22.4 Å². The van der Waals surface area contributed by atoms with E-state index in [1.54, 1.807) is 11.8 Å². The van der Waals surface area contributed by atoms with E-state index in [4.69, 9.17) is 0 Å². The van der Waals surface area contributed by atoms with Gasteiger partial charge in [0.2, 0.25) is 5.91 Å². The van der Waals surface area contributed by atoms with Crippen LogP contribution >= 0.6 is 11.3 Å². The Bertz CT molecular complexity index is 350. The molecule has 0 spiro atoms. The number of hydrogen-bond acceptors (Lipinski definition) is 5. The monoisotopic (exact) mass is 242 g/mol. The number of aromatic nitrogens is 1. The van der Waals surface area contributed by atoms with Crippen LogP contribution in [-0.2, 0) is 11.3 Å². The maximum Gasteiger partial charge on any atom is 0.225 e. The smallest absolute Gasteiger partial charge is 0.225 e. The number of hydrazine groups is 1. The third-order valence-electron chi connectivity index (χ3n) is 2.04. The summed E-state index contributed by atoms with van der Waals surface area (Å²) in [6.45, 7) is 4.84. The van der Waals surface area contributed by atoms with Crippen LogP contribution in [0.5, 0.6) is 0 Å². The van der Waals surface area contributed by atoms with Gasteiger partial charge in [0.25, 0.3) is 0 Å². The predicted octanol–water partition coefficient (Wildman–Crippen LogP) is 1.08. The van der Waals surface area contributed by atoms with Crippen molar-refractivity contribution in [2.24, 2.45) is 0 Å². The summed E-state index contributed by atoms with van der Waals surface area (Å²) in [5.74, 6) is 0.0315. The van der Waals surface area contributed by atoms with Gasteiger partial charge in [-0.1, -0.05) is 0 Å². The topological polar surface area (TPSA) is 48.5 Å². The first-order chi connectivity index (χ1) is 7.54. The summed E-state index contributed by atoms with van der Waals surface area (Å²) in [5, 5.41) is 4.62. The summed E-state index contributed by atoms with van der Waals surface area (Å²) in [7, 11) is 3.86. The van der Waals surface area contributed by atoms with Crippen molar-refractivity contribution in [2.45, 2.75) is 20.4 Å². The summed E-state index contributed by atoms with van der Waals surface area (Å²) < 4.78 is 0. The lowest BCUT2D eigenvalue weighted by Gasteiger charge is -2.14. The van der Waals surface area contributed by atoms with Gasteiger partial charge in [-0.15, -0.1) is 11.3 Å². The molecule has 6 heteroatoms. The molecule has 1 amide bonds. The van der Waals surface area contributed by atoms with Crippen molar-refractivity contribution in [3.63, 3.8) is 0 Å². The third-order valence-corrected chi connectivity index (χ3v) is 2.96. The number of rotatable bonds is 5. The second-order valence-electron chi connectivity index (χ2n) is 3.61. The van der Waals surface area contributed by atoms with Crippen LogP contribution in [0.25, 0.3) is 0 Å². The van der Waals surface area contributed by atoms with Gasteiger partial charge >= 0.3 is 0 Å². The number of carbonyl (C=O) groups excluding carboxylic acids is 1. The van der Waals surface area contributed by atoms with Crippen LogP contribution in [0.3, 0.4) is 0 Å². The van der Waals surface area contributed by atoms with Crippen molar-refractivity contribution < 1.29 is 4.79 Å². The largest absolute Gasteiger partial charge is 0.289 e. The molecule has 90 valence electrons. The van der Waals surface area contributed by atoms with Gasteiger partial charge in [-0.2, -0.15) is 0 Å². The normalized spacial score (nSPS) is 10.8. The number of thiazole rings is 1. The predicted molar refractivity (Wildman–Crippen MR) is 66.3 cm³/mol. The Hall–Kier alpha value is -0.980. The van der Waals surface area contributed by atoms with Crippen molar-refractivity contribution in [3.8, 4) is 0 Å². The first kappa shape index (κ1) is 13.1. The summed E-state index contributed by atoms with van der Waals surface area (Å²) in [6, 6.07) is 0. The zero-order valence-electron chi connectivity index (χ0n) is 10.1. The van der Waals surface area contributed by atoms with Crippen LogP contribution in [0, 0.1) is 0 Å². The average molecular weight is 242 g/mol. The van der Waals surface area contributed by atoms with Gasteiger partial charge in [0.05, 0.1) is 12.2 Å². The minimum atomic E-state index is 0.0315. The van der Waals surface area contributed by atoms with E-state index in [1.807, 2.05) is 31.4 Å². The van der Waals surface area contributed by atoms with Gasteiger partial charge in [0.1, 0.15) is 0 Å². The highest BCUT2D eigenvalue weighted by Crippen LogP contribution is 2.20. The van der Waals surface area contributed by atoms with Crippen LogP contribution in [0.4, 0.5) is 5.13 Å². The summed E-state index contributed by atoms with van der Waals surface area (Å²) >= 11 is 1.50. The Morgan fingerprint density at radius 3 is 2.75 bits per heavy atom. The third kappa shape index (κ3) is 3.55. The Balaban J connectivity index is 2.66. The van der Waals surface area contributed by atoms with Gasteiger partial charge in [-0.25, -0.2) is 10.4 Å². The summed E-state index contributed by atoms with van der Waals surface area (Å²) in [5.41, 5.74) is 4.09. The molecular weight excluding hydrogens is 224 g/mol. The van der Waals surface area contributed by atoms with Gasteiger partial charge in [0, 0.05) is 32.9 Å². The molecule has 1 aromatic rings. The second-order valence-corrected chi connectivity index (χ2v) is 4.45. The molecule has 1 rings (SSSR count). The number of anilines is 1. The van der Waals surface area contributed by atoms with Gasteiger partial charge in [-0.3, -0.25) is 14.7 Å². The molecule has 5 nitrogen and oxygen atoms in total. The van der Waals surface area contributed by atoms with E-state index in [0.717, 1.165) is 10.8 Å². The Kier molecular flexibility index (Phi) is 4.85. The van der Waals surface area contributed by atoms with Gasteiger partial charge in [0.15, 0.2) is 5.13 Å². The Morgan fingerprint density at radius 2 is 2.25 bits per heavy atom. The minimum Gasteiger partial charge on any atom is -0.289 e. The van der Waals surface area contributed by atoms with Crippen LogP contribution < -0.4 is 10.3 Å². The van der Waals surface area contributed by atoms with Crippen LogP contribution in [0.1, 0.15) is 19.5 Å². The van der Waals surface area contributed by atoms with Crippen molar-refractivity contribution in [3.05, 3.63) is 11.1 Å². The van der Waals surface area contributed by atoms with E-state index < -0.39 is 0 Å². The molecule has 0 aliphatic rings. The number of nitrogens with zero attached hydrogens (tertiary/aromatic N) is 3. The highest BCUT2D eigenvalue weighted by molar-refractivity contribution is 7.14. The molecule has 0 aliphatic carbocycles. The van der Waals surface area contributed by atoms with Crippen LogP contribution in [-0.4, -0.2) is 36.5 Å². The molecule has 0 aromatic carbocycles. The molecule has 0 atom stereocenters. The van der Waals surface area contributed by atoms with E-state index in [9.17, 15) is 4.79 Å². The van der Waals surface area contributed by atoms with Crippen molar-refractivity contribution in [2.75, 3.05) is 25.5 Å². The van der Waals surface area contributed by atoms with E-state index in [0.29, 0.717) is 13.1 Å². The number of nitrogens with one attached hydrogen (secondary N) is 1. The second kappa shape index (κ2) is 5.93. The number of hydrogen-bond donors (Lipinski definition) is 1. The molecule has 0 radical (unpaired) electrons. The molecular formula is C10H18N4OS. The highest BCUT2D eigenvalue weighted by atomic mass is 32.1. The molecule has 16 heavy (non-hydrogen) atoms. The molecule has 1 heterocycles. The molecule has 0 unspecified atom stereocenters. The highest BCUT2D eigenvalue weighted by Gasteiger charge is 2.12. The first-order valence-electron chi connectivity index (χ1n) is 5.18. The minimum absolute atomic E-state index is 0.0315. The van der Waals surface area contributed by atoms with E-state index in [2.05, 4.69) is 10.4 Å². The summed E-state index contributed by atoms with van der Waals surface area (Å²) in [4.78, 5) is 17.4. The van der Waals surface area contributed by atoms with E-state index >= 15 is 0 Å². The quantitative estimate of drug-likeness (QED) is 0.785. The number of carbonyl (C=O) groups is 1.